The number of benzene rings is 1. The Bertz CT molecular complexity index is 248. The first-order chi connectivity index (χ1) is 6.34. The van der Waals surface area contributed by atoms with Gasteiger partial charge in [-0.15, -0.1) is 0 Å². The van der Waals surface area contributed by atoms with E-state index in [1.807, 2.05) is 18.2 Å². The first kappa shape index (κ1) is 10.6. The van der Waals surface area contributed by atoms with Crippen LogP contribution >= 0.6 is 11.6 Å². The summed E-state index contributed by atoms with van der Waals surface area (Å²) in [6.07, 6.45) is 3.28. The maximum Gasteiger partial charge on any atom is 0.0462 e. The van der Waals surface area contributed by atoms with Crippen molar-refractivity contribution >= 4 is 11.6 Å². The van der Waals surface area contributed by atoms with Gasteiger partial charge >= 0.3 is 0 Å². The van der Waals surface area contributed by atoms with Crippen molar-refractivity contribution in [3.63, 3.8) is 0 Å². The molecule has 0 aliphatic rings. The van der Waals surface area contributed by atoms with Crippen molar-refractivity contribution in [3.05, 3.63) is 34.9 Å². The third kappa shape index (κ3) is 3.79. The molecule has 0 aromatic heterocycles. The highest BCUT2D eigenvalue weighted by atomic mass is 35.5. The summed E-state index contributed by atoms with van der Waals surface area (Å²) in [7, 11) is 1.73. The lowest BCUT2D eigenvalue weighted by atomic mass is 10.1. The Morgan fingerprint density at radius 3 is 2.69 bits per heavy atom. The van der Waals surface area contributed by atoms with Gasteiger partial charge in [-0.05, 0) is 30.9 Å². The van der Waals surface area contributed by atoms with Gasteiger partial charge in [0.2, 0.25) is 0 Å². The van der Waals surface area contributed by atoms with Gasteiger partial charge in [0.15, 0.2) is 0 Å². The molecule has 1 nitrogen and oxygen atoms in total. The lowest BCUT2D eigenvalue weighted by molar-refractivity contribution is 0.193. The Hall–Kier alpha value is -0.530. The summed E-state index contributed by atoms with van der Waals surface area (Å²) in [5.41, 5.74) is 1.24. The number of hydrogen-bond acceptors (Lipinski definition) is 1. The molecule has 0 saturated heterocycles. The average molecular weight is 199 g/mol. The van der Waals surface area contributed by atoms with Gasteiger partial charge in [0.05, 0.1) is 0 Å². The Balaban J connectivity index is 2.32. The van der Waals surface area contributed by atoms with Gasteiger partial charge in [-0.25, -0.2) is 0 Å². The molecule has 0 atom stereocenters. The van der Waals surface area contributed by atoms with Crippen LogP contribution in [0.5, 0.6) is 0 Å². The van der Waals surface area contributed by atoms with E-state index in [1.165, 1.54) is 5.56 Å². The van der Waals surface area contributed by atoms with E-state index in [4.69, 9.17) is 16.3 Å². The zero-order valence-corrected chi connectivity index (χ0v) is 8.68. The molecule has 0 amide bonds. The number of methoxy groups -OCH3 is 1. The molecule has 0 saturated carbocycles. The van der Waals surface area contributed by atoms with Gasteiger partial charge in [0.1, 0.15) is 0 Å². The smallest absolute Gasteiger partial charge is 0.0462 e. The van der Waals surface area contributed by atoms with E-state index >= 15 is 0 Å². The number of hydrogen-bond donors (Lipinski definition) is 0. The normalized spacial score (nSPS) is 10.3. The summed E-state index contributed by atoms with van der Waals surface area (Å²) in [6.45, 7) is 0.838. The van der Waals surface area contributed by atoms with Crippen LogP contribution in [-0.4, -0.2) is 13.7 Å². The van der Waals surface area contributed by atoms with Gasteiger partial charge in [0.25, 0.3) is 0 Å². The standard InChI is InChI=1S/C11H15ClO/c1-13-9-5-4-7-10-6-2-3-8-11(10)12/h2-3,6,8H,4-5,7,9H2,1H3. The second-order valence-electron chi connectivity index (χ2n) is 3.04. The molecule has 0 N–H and O–H groups in total. The number of ether oxygens (including phenoxy) is 1. The van der Waals surface area contributed by atoms with Crippen molar-refractivity contribution in [2.75, 3.05) is 13.7 Å². The zero-order valence-electron chi connectivity index (χ0n) is 7.92. The molecule has 0 aliphatic heterocycles. The molecule has 2 heteroatoms. The molecule has 0 bridgehead atoms. The van der Waals surface area contributed by atoms with Crippen molar-refractivity contribution in [3.8, 4) is 0 Å². The van der Waals surface area contributed by atoms with Gasteiger partial charge in [-0.2, -0.15) is 0 Å². The molecule has 0 heterocycles. The van der Waals surface area contributed by atoms with Crippen LogP contribution in [-0.2, 0) is 11.2 Å². The molecule has 72 valence electrons. The highest BCUT2D eigenvalue weighted by Gasteiger charge is 1.97. The van der Waals surface area contributed by atoms with E-state index < -0.39 is 0 Å². The van der Waals surface area contributed by atoms with Crippen LogP contribution in [0, 0.1) is 0 Å². The lowest BCUT2D eigenvalue weighted by Crippen LogP contribution is -1.91. The number of aryl methyl sites for hydroxylation is 1. The summed E-state index contributed by atoms with van der Waals surface area (Å²) in [5.74, 6) is 0. The van der Waals surface area contributed by atoms with Crippen LogP contribution in [0.15, 0.2) is 24.3 Å². The Morgan fingerprint density at radius 2 is 2.00 bits per heavy atom. The third-order valence-corrected chi connectivity index (χ3v) is 2.37. The van der Waals surface area contributed by atoms with Crippen molar-refractivity contribution in [2.45, 2.75) is 19.3 Å². The average Bonchev–Trinajstić information content (AvgIpc) is 2.15. The molecule has 1 rings (SSSR count). The maximum absolute atomic E-state index is 6.01. The molecule has 1 aromatic rings. The first-order valence-electron chi connectivity index (χ1n) is 4.57. The number of rotatable bonds is 5. The minimum atomic E-state index is 0.838. The summed E-state index contributed by atoms with van der Waals surface area (Å²) in [6, 6.07) is 8.00. The summed E-state index contributed by atoms with van der Waals surface area (Å²) in [5, 5.41) is 0.875. The van der Waals surface area contributed by atoms with Crippen molar-refractivity contribution < 1.29 is 4.74 Å². The first-order valence-corrected chi connectivity index (χ1v) is 4.94. The van der Waals surface area contributed by atoms with Gasteiger partial charge in [0, 0.05) is 18.7 Å². The molecular weight excluding hydrogens is 184 g/mol. The van der Waals surface area contributed by atoms with E-state index in [0.717, 1.165) is 30.9 Å². The van der Waals surface area contributed by atoms with Crippen LogP contribution in [0.3, 0.4) is 0 Å². The summed E-state index contributed by atoms with van der Waals surface area (Å²) < 4.78 is 4.98. The van der Waals surface area contributed by atoms with Crippen molar-refractivity contribution in [2.24, 2.45) is 0 Å². The van der Waals surface area contributed by atoms with E-state index in [1.54, 1.807) is 7.11 Å². The highest BCUT2D eigenvalue weighted by Crippen LogP contribution is 2.16. The minimum absolute atomic E-state index is 0.838. The topological polar surface area (TPSA) is 9.23 Å². The fraction of sp³-hybridized carbons (Fsp3) is 0.455. The Kier molecular flexibility index (Phi) is 4.87. The second-order valence-corrected chi connectivity index (χ2v) is 3.45. The van der Waals surface area contributed by atoms with Crippen LogP contribution in [0.4, 0.5) is 0 Å². The molecule has 0 aliphatic carbocycles. The van der Waals surface area contributed by atoms with Crippen LogP contribution < -0.4 is 0 Å². The Morgan fingerprint density at radius 1 is 1.23 bits per heavy atom. The predicted molar refractivity (Wildman–Crippen MR) is 56.3 cm³/mol. The van der Waals surface area contributed by atoms with Crippen molar-refractivity contribution in [1.29, 1.82) is 0 Å². The largest absolute Gasteiger partial charge is 0.385 e. The van der Waals surface area contributed by atoms with Crippen molar-refractivity contribution in [1.82, 2.24) is 0 Å². The minimum Gasteiger partial charge on any atom is -0.385 e. The third-order valence-electron chi connectivity index (χ3n) is 2.00. The van der Waals surface area contributed by atoms with Crippen LogP contribution in [0.2, 0.25) is 5.02 Å². The quantitative estimate of drug-likeness (QED) is 0.660. The fourth-order valence-corrected chi connectivity index (χ4v) is 1.49. The molecule has 0 fully saturated rings. The van der Waals surface area contributed by atoms with Gasteiger partial charge < -0.3 is 4.74 Å². The van der Waals surface area contributed by atoms with Crippen LogP contribution in [0.1, 0.15) is 18.4 Å². The number of halogens is 1. The molecule has 0 unspecified atom stereocenters. The molecule has 0 spiro atoms. The maximum atomic E-state index is 6.01. The summed E-state index contributed by atoms with van der Waals surface area (Å²) >= 11 is 6.01. The predicted octanol–water partition coefficient (Wildman–Crippen LogP) is 3.31. The Labute approximate surface area is 84.7 Å². The van der Waals surface area contributed by atoms with Gasteiger partial charge in [-0.1, -0.05) is 29.8 Å². The van der Waals surface area contributed by atoms with Gasteiger partial charge in [-0.3, -0.25) is 0 Å². The van der Waals surface area contributed by atoms with E-state index in [0.29, 0.717) is 0 Å². The monoisotopic (exact) mass is 198 g/mol. The molecular formula is C11H15ClO. The SMILES string of the molecule is COCCCCc1ccccc1Cl. The number of unbranched alkanes of at least 4 members (excludes halogenated alkanes) is 1. The molecule has 0 radical (unpaired) electrons. The summed E-state index contributed by atoms with van der Waals surface area (Å²) in [4.78, 5) is 0. The zero-order chi connectivity index (χ0) is 9.52. The highest BCUT2D eigenvalue weighted by molar-refractivity contribution is 6.31. The lowest BCUT2D eigenvalue weighted by Gasteiger charge is -2.02. The van der Waals surface area contributed by atoms with E-state index in [-0.39, 0.29) is 0 Å². The van der Waals surface area contributed by atoms with E-state index in [9.17, 15) is 0 Å². The molecule has 1 aromatic carbocycles. The van der Waals surface area contributed by atoms with Crippen LogP contribution in [0.25, 0.3) is 0 Å². The van der Waals surface area contributed by atoms with E-state index in [2.05, 4.69) is 6.07 Å². The fourth-order valence-electron chi connectivity index (χ4n) is 1.26. The molecule has 13 heavy (non-hydrogen) atoms. The second kappa shape index (κ2) is 6.01.